The summed E-state index contributed by atoms with van der Waals surface area (Å²) in [5, 5.41) is 1.86. The summed E-state index contributed by atoms with van der Waals surface area (Å²) in [6, 6.07) is 11.5. The van der Waals surface area contributed by atoms with Gasteiger partial charge in [0.25, 0.3) is 0 Å². The minimum absolute atomic E-state index is 0.0736. The molecule has 0 aliphatic rings. The quantitative estimate of drug-likeness (QED) is 0.538. The van der Waals surface area contributed by atoms with Gasteiger partial charge in [-0.15, -0.1) is 0 Å². The van der Waals surface area contributed by atoms with Crippen molar-refractivity contribution in [3.63, 3.8) is 0 Å². The van der Waals surface area contributed by atoms with Crippen LogP contribution in [0, 0.1) is 6.92 Å². The van der Waals surface area contributed by atoms with Crippen LogP contribution in [-0.2, 0) is 0 Å². The molecular formula is C14H10BrCl3. The lowest BCUT2D eigenvalue weighted by atomic mass is 10.0. The Morgan fingerprint density at radius 2 is 1.67 bits per heavy atom. The first-order valence-electron chi connectivity index (χ1n) is 5.34. The lowest BCUT2D eigenvalue weighted by molar-refractivity contribution is 1.14. The van der Waals surface area contributed by atoms with Gasteiger partial charge in [-0.1, -0.05) is 62.9 Å². The van der Waals surface area contributed by atoms with E-state index in [1.807, 2.05) is 37.3 Å². The largest absolute Gasteiger partial charge is 0.0843 e. The first-order chi connectivity index (χ1) is 8.49. The molecule has 2 rings (SSSR count). The predicted octanol–water partition coefficient (Wildman–Crippen LogP) is 6.44. The Labute approximate surface area is 130 Å². The maximum Gasteiger partial charge on any atom is 0.0647 e. The van der Waals surface area contributed by atoms with Crippen molar-refractivity contribution in [2.75, 3.05) is 0 Å². The summed E-state index contributed by atoms with van der Waals surface area (Å²) < 4.78 is 0. The SMILES string of the molecule is Cc1cc(Cl)ccc1C(Br)c1ccc(Cl)c(Cl)c1. The molecule has 18 heavy (non-hydrogen) atoms. The molecule has 0 saturated heterocycles. The first kappa shape index (κ1) is 14.2. The van der Waals surface area contributed by atoms with Gasteiger partial charge < -0.3 is 0 Å². The number of rotatable bonds is 2. The van der Waals surface area contributed by atoms with Gasteiger partial charge in [-0.3, -0.25) is 0 Å². The van der Waals surface area contributed by atoms with Gasteiger partial charge >= 0.3 is 0 Å². The molecule has 94 valence electrons. The highest BCUT2D eigenvalue weighted by atomic mass is 79.9. The lowest BCUT2D eigenvalue weighted by Crippen LogP contribution is -1.96. The molecule has 0 bridgehead atoms. The second-order valence-corrected chi connectivity index (χ2v) is 6.20. The number of aryl methyl sites for hydroxylation is 1. The third-order valence-corrected chi connectivity index (χ3v) is 4.74. The van der Waals surface area contributed by atoms with Crippen molar-refractivity contribution < 1.29 is 0 Å². The van der Waals surface area contributed by atoms with E-state index < -0.39 is 0 Å². The van der Waals surface area contributed by atoms with Gasteiger partial charge in [0.15, 0.2) is 0 Å². The van der Waals surface area contributed by atoms with Crippen molar-refractivity contribution in [3.8, 4) is 0 Å². The zero-order valence-corrected chi connectivity index (χ0v) is 13.4. The average Bonchev–Trinajstić information content (AvgIpc) is 2.32. The molecule has 0 heterocycles. The van der Waals surface area contributed by atoms with Crippen LogP contribution in [0.25, 0.3) is 0 Å². The number of hydrogen-bond donors (Lipinski definition) is 0. The molecule has 0 amide bonds. The Morgan fingerprint density at radius 3 is 2.28 bits per heavy atom. The average molecular weight is 364 g/mol. The van der Waals surface area contributed by atoms with Crippen molar-refractivity contribution >= 4 is 50.7 Å². The second kappa shape index (κ2) is 5.83. The van der Waals surface area contributed by atoms with Crippen molar-refractivity contribution in [2.45, 2.75) is 11.8 Å². The summed E-state index contributed by atoms with van der Waals surface area (Å²) in [5.74, 6) is 0. The highest BCUT2D eigenvalue weighted by Gasteiger charge is 2.14. The van der Waals surface area contributed by atoms with Crippen LogP contribution in [-0.4, -0.2) is 0 Å². The third-order valence-electron chi connectivity index (χ3n) is 2.74. The van der Waals surface area contributed by atoms with Crippen LogP contribution in [0.1, 0.15) is 21.5 Å². The predicted molar refractivity (Wildman–Crippen MR) is 83.4 cm³/mol. The number of alkyl halides is 1. The fourth-order valence-corrected chi connectivity index (χ4v) is 3.10. The van der Waals surface area contributed by atoms with Crippen LogP contribution < -0.4 is 0 Å². The molecule has 2 aromatic carbocycles. The van der Waals surface area contributed by atoms with Crippen molar-refractivity contribution in [3.05, 3.63) is 68.2 Å². The molecule has 0 spiro atoms. The van der Waals surface area contributed by atoms with Crippen LogP contribution in [0.3, 0.4) is 0 Å². The topological polar surface area (TPSA) is 0 Å². The normalized spacial score (nSPS) is 12.5. The van der Waals surface area contributed by atoms with Crippen LogP contribution >= 0.6 is 50.7 Å². The molecule has 0 aromatic heterocycles. The summed E-state index contributed by atoms with van der Waals surface area (Å²) in [4.78, 5) is 0.0736. The molecule has 1 unspecified atom stereocenters. The Kier molecular flexibility index (Phi) is 4.60. The van der Waals surface area contributed by atoms with Gasteiger partial charge in [0, 0.05) is 5.02 Å². The molecule has 2 aromatic rings. The fourth-order valence-electron chi connectivity index (χ4n) is 1.77. The van der Waals surface area contributed by atoms with Gasteiger partial charge in [-0.25, -0.2) is 0 Å². The zero-order chi connectivity index (χ0) is 13.3. The fraction of sp³-hybridized carbons (Fsp3) is 0.143. The van der Waals surface area contributed by atoms with E-state index in [0.717, 1.165) is 21.7 Å². The van der Waals surface area contributed by atoms with Gasteiger partial charge in [0.05, 0.1) is 14.9 Å². The van der Waals surface area contributed by atoms with Crippen molar-refractivity contribution in [2.24, 2.45) is 0 Å². The number of benzene rings is 2. The monoisotopic (exact) mass is 362 g/mol. The molecule has 0 N–H and O–H groups in total. The molecule has 0 saturated carbocycles. The van der Waals surface area contributed by atoms with E-state index in [9.17, 15) is 0 Å². The van der Waals surface area contributed by atoms with E-state index in [-0.39, 0.29) is 4.83 Å². The molecule has 0 aliphatic carbocycles. The maximum absolute atomic E-state index is 6.04. The highest BCUT2D eigenvalue weighted by molar-refractivity contribution is 9.09. The highest BCUT2D eigenvalue weighted by Crippen LogP contribution is 2.36. The van der Waals surface area contributed by atoms with Crippen molar-refractivity contribution in [1.82, 2.24) is 0 Å². The second-order valence-electron chi connectivity index (χ2n) is 4.04. The van der Waals surface area contributed by atoms with Crippen LogP contribution in [0.5, 0.6) is 0 Å². The van der Waals surface area contributed by atoms with E-state index in [0.29, 0.717) is 10.0 Å². The Morgan fingerprint density at radius 1 is 0.944 bits per heavy atom. The Hall–Kier alpha value is -0.210. The summed E-state index contributed by atoms with van der Waals surface area (Å²) >= 11 is 21.6. The van der Waals surface area contributed by atoms with Gasteiger partial charge in [0.2, 0.25) is 0 Å². The van der Waals surface area contributed by atoms with E-state index in [1.54, 1.807) is 6.07 Å². The smallest absolute Gasteiger partial charge is 0.0647 e. The first-order valence-corrected chi connectivity index (χ1v) is 7.39. The van der Waals surface area contributed by atoms with Gasteiger partial charge in [-0.05, 0) is 47.9 Å². The Bertz CT molecular complexity index is 581. The van der Waals surface area contributed by atoms with E-state index in [1.165, 1.54) is 0 Å². The molecule has 0 nitrogen and oxygen atoms in total. The van der Waals surface area contributed by atoms with E-state index in [2.05, 4.69) is 15.9 Å². The van der Waals surface area contributed by atoms with Gasteiger partial charge in [0.1, 0.15) is 0 Å². The van der Waals surface area contributed by atoms with Crippen LogP contribution in [0.2, 0.25) is 15.1 Å². The molecule has 0 radical (unpaired) electrons. The summed E-state index contributed by atoms with van der Waals surface area (Å²) in [6.07, 6.45) is 0. The lowest BCUT2D eigenvalue weighted by Gasteiger charge is -2.14. The number of hydrogen-bond acceptors (Lipinski definition) is 0. The zero-order valence-electron chi connectivity index (χ0n) is 9.55. The minimum Gasteiger partial charge on any atom is -0.0843 e. The molecule has 1 atom stereocenters. The third kappa shape index (κ3) is 3.03. The number of halogens is 4. The molecule has 0 aliphatic heterocycles. The van der Waals surface area contributed by atoms with Crippen LogP contribution in [0.15, 0.2) is 36.4 Å². The Balaban J connectivity index is 2.41. The molecule has 4 heteroatoms. The van der Waals surface area contributed by atoms with Crippen molar-refractivity contribution in [1.29, 1.82) is 0 Å². The maximum atomic E-state index is 6.04. The summed E-state index contributed by atoms with van der Waals surface area (Å²) in [6.45, 7) is 2.03. The van der Waals surface area contributed by atoms with Gasteiger partial charge in [-0.2, -0.15) is 0 Å². The molecule has 0 fully saturated rings. The standard InChI is InChI=1S/C14H10BrCl3/c1-8-6-10(16)3-4-11(8)14(15)9-2-5-12(17)13(18)7-9/h2-7,14H,1H3. The minimum atomic E-state index is 0.0736. The summed E-state index contributed by atoms with van der Waals surface area (Å²) in [5.41, 5.74) is 3.36. The van der Waals surface area contributed by atoms with E-state index in [4.69, 9.17) is 34.8 Å². The van der Waals surface area contributed by atoms with Crippen LogP contribution in [0.4, 0.5) is 0 Å². The summed E-state index contributed by atoms with van der Waals surface area (Å²) in [7, 11) is 0. The molecular weight excluding hydrogens is 354 g/mol. The van der Waals surface area contributed by atoms with E-state index >= 15 is 0 Å².